The number of amides is 1. The van der Waals surface area contributed by atoms with Crippen LogP contribution in [-0.2, 0) is 46.9 Å². The molecule has 2 aromatic rings. The Kier molecular flexibility index (Phi) is 14.0. The predicted octanol–water partition coefficient (Wildman–Crippen LogP) is 7.73. The average Bonchev–Trinajstić information content (AvgIpc) is 3.12. The number of fused-ring (bicyclic) bond motifs is 2. The zero-order valence-electron chi connectivity index (χ0n) is 31.9. The zero-order valence-corrected chi connectivity index (χ0v) is 33.4. The third-order valence-corrected chi connectivity index (χ3v) is 11.5. The second kappa shape index (κ2) is 17.7. The quantitative estimate of drug-likeness (QED) is 0.143. The molecule has 0 radical (unpaired) electrons. The number of carbonyl (C=O) groups excluding carboxylic acids is 2. The van der Waals surface area contributed by atoms with E-state index < -0.39 is 45.3 Å². The molecule has 1 aliphatic carbocycles. The molecule has 5 atom stereocenters. The number of anilines is 1. The average molecular weight is 771 g/mol. The summed E-state index contributed by atoms with van der Waals surface area (Å²) in [5.41, 5.74) is 0.0542. The molecule has 290 valence electrons. The first-order chi connectivity index (χ1) is 24.9. The second-order valence-electron chi connectivity index (χ2n) is 14.9. The van der Waals surface area contributed by atoms with E-state index >= 15 is 0 Å². The molecule has 1 saturated carbocycles. The maximum atomic E-state index is 13.7. The molecular weight excluding hydrogens is 716 g/mol. The van der Waals surface area contributed by atoms with Crippen LogP contribution in [0.3, 0.4) is 0 Å². The van der Waals surface area contributed by atoms with Gasteiger partial charge in [-0.05, 0) is 121 Å². The molecular formula is C41H55ClN2O8S. The summed E-state index contributed by atoms with van der Waals surface area (Å²) in [5.74, 6) is -0.703. The van der Waals surface area contributed by atoms with Crippen molar-refractivity contribution in [2.75, 3.05) is 18.0 Å². The van der Waals surface area contributed by atoms with Crippen molar-refractivity contribution in [3.63, 3.8) is 0 Å². The molecule has 0 aromatic heterocycles. The monoisotopic (exact) mass is 770 g/mol. The highest BCUT2D eigenvalue weighted by atomic mass is 35.5. The predicted molar refractivity (Wildman–Crippen MR) is 209 cm³/mol. The van der Waals surface area contributed by atoms with Crippen LogP contribution in [0.5, 0.6) is 5.75 Å². The van der Waals surface area contributed by atoms with Crippen LogP contribution >= 0.6 is 11.6 Å². The Morgan fingerprint density at radius 2 is 1.64 bits per heavy atom. The lowest BCUT2D eigenvalue weighted by atomic mass is 9.70. The molecule has 2 aliphatic rings. The van der Waals surface area contributed by atoms with Crippen LogP contribution < -0.4 is 14.4 Å². The minimum absolute atomic E-state index is 0.00980. The molecule has 0 bridgehead atoms. The lowest BCUT2D eigenvalue weighted by molar-refractivity contribution is -0.179. The van der Waals surface area contributed by atoms with Crippen LogP contribution in [0.4, 0.5) is 5.69 Å². The summed E-state index contributed by atoms with van der Waals surface area (Å²) in [6, 6.07) is 10.4. The highest BCUT2D eigenvalue weighted by molar-refractivity contribution is 7.90. The number of aryl methyl sites for hydroxylation is 1. The van der Waals surface area contributed by atoms with Gasteiger partial charge in [0.15, 0.2) is 5.60 Å². The van der Waals surface area contributed by atoms with Crippen molar-refractivity contribution in [1.29, 1.82) is 0 Å². The molecule has 4 rings (SSSR count). The first-order valence-electron chi connectivity index (χ1n) is 18.2. The van der Waals surface area contributed by atoms with Gasteiger partial charge < -0.3 is 23.8 Å². The van der Waals surface area contributed by atoms with E-state index in [0.29, 0.717) is 29.5 Å². The summed E-state index contributed by atoms with van der Waals surface area (Å²) in [4.78, 5) is 28.5. The molecule has 53 heavy (non-hydrogen) atoms. The number of benzene rings is 2. The van der Waals surface area contributed by atoms with Crippen molar-refractivity contribution >= 4 is 39.2 Å². The first kappa shape index (κ1) is 42.1. The number of hydrogen-bond acceptors (Lipinski definition) is 9. The number of carbonyl (C=O) groups is 2. The Morgan fingerprint density at radius 3 is 2.26 bits per heavy atom. The Bertz CT molecular complexity index is 1770. The van der Waals surface area contributed by atoms with Gasteiger partial charge in [0.2, 0.25) is 0 Å². The number of esters is 1. The van der Waals surface area contributed by atoms with E-state index in [1.165, 1.54) is 26.0 Å². The molecule has 10 nitrogen and oxygen atoms in total. The summed E-state index contributed by atoms with van der Waals surface area (Å²) in [7, 11) is -4.32. The number of ether oxygens (including phenoxy) is 4. The number of sulfonamides is 1. The summed E-state index contributed by atoms with van der Waals surface area (Å²) in [6.07, 6.45) is 7.65. The fraction of sp³-hybridized carbons (Fsp3) is 0.512. The van der Waals surface area contributed by atoms with Gasteiger partial charge >= 0.3 is 5.97 Å². The van der Waals surface area contributed by atoms with Crippen molar-refractivity contribution in [3.05, 3.63) is 90.5 Å². The summed E-state index contributed by atoms with van der Waals surface area (Å²) in [6.45, 7) is 22.7. The Labute approximate surface area is 320 Å². The summed E-state index contributed by atoms with van der Waals surface area (Å²) >= 11 is 6.36. The lowest BCUT2D eigenvalue weighted by Gasteiger charge is -2.44. The van der Waals surface area contributed by atoms with Crippen LogP contribution in [0.2, 0.25) is 5.02 Å². The third-order valence-electron chi connectivity index (χ3n) is 9.98. The maximum Gasteiger partial charge on any atom is 0.338 e. The van der Waals surface area contributed by atoms with Crippen molar-refractivity contribution < 1.29 is 37.0 Å². The van der Waals surface area contributed by atoms with E-state index in [9.17, 15) is 18.0 Å². The molecule has 2 unspecified atom stereocenters. The lowest BCUT2D eigenvalue weighted by Crippen LogP contribution is -2.48. The van der Waals surface area contributed by atoms with E-state index in [-0.39, 0.29) is 29.4 Å². The van der Waals surface area contributed by atoms with Crippen molar-refractivity contribution in [2.24, 2.45) is 11.8 Å². The van der Waals surface area contributed by atoms with Gasteiger partial charge in [-0.1, -0.05) is 42.5 Å². The van der Waals surface area contributed by atoms with Gasteiger partial charge in [-0.15, -0.1) is 13.2 Å². The Morgan fingerprint density at radius 1 is 0.962 bits per heavy atom. The van der Waals surface area contributed by atoms with E-state index in [2.05, 4.69) is 29.4 Å². The van der Waals surface area contributed by atoms with Crippen molar-refractivity contribution in [3.8, 4) is 5.75 Å². The molecule has 1 N–H and O–H groups in total. The van der Waals surface area contributed by atoms with Gasteiger partial charge in [-0.25, -0.2) is 17.9 Å². The van der Waals surface area contributed by atoms with Gasteiger partial charge in [0.25, 0.3) is 15.9 Å². The molecule has 1 amide bonds. The normalized spacial score (nSPS) is 19.7. The molecule has 2 aromatic carbocycles. The van der Waals surface area contributed by atoms with Crippen LogP contribution in [0.15, 0.2) is 79.3 Å². The van der Waals surface area contributed by atoms with E-state index in [1.807, 2.05) is 25.1 Å². The van der Waals surface area contributed by atoms with E-state index in [1.54, 1.807) is 45.1 Å². The van der Waals surface area contributed by atoms with Crippen molar-refractivity contribution in [1.82, 2.24) is 4.72 Å². The van der Waals surface area contributed by atoms with E-state index in [0.717, 1.165) is 43.2 Å². The Balaban J connectivity index is 1.65. The van der Waals surface area contributed by atoms with Gasteiger partial charge in [0.05, 0.1) is 22.8 Å². The minimum atomic E-state index is -4.32. The zero-order chi connectivity index (χ0) is 39.1. The van der Waals surface area contributed by atoms with Crippen LogP contribution in [0, 0.1) is 11.8 Å². The Hall–Kier alpha value is -3.64. The maximum absolute atomic E-state index is 13.7. The second-order valence-corrected chi connectivity index (χ2v) is 17.0. The number of halogens is 1. The SMILES string of the molecule is C=CC(C)OC(C)(C)C(=O)NS(=O)(=O)c1ccc2c(c1)N(C[C@@H]1CC[C@H]1[C@H](C=C)OC(=O)C(C)(C)OC(C)C=C)CCCCc1cc(Cl)ccc1CO2. The highest BCUT2D eigenvalue weighted by Crippen LogP contribution is 2.42. The largest absolute Gasteiger partial charge is 0.487 e. The topological polar surface area (TPSA) is 120 Å². The fourth-order valence-electron chi connectivity index (χ4n) is 6.63. The molecule has 0 spiro atoms. The number of nitrogens with zero attached hydrogens (tertiary/aromatic N) is 1. The highest BCUT2D eigenvalue weighted by Gasteiger charge is 2.42. The summed E-state index contributed by atoms with van der Waals surface area (Å²) < 4.78 is 53.7. The van der Waals surface area contributed by atoms with Crippen LogP contribution in [-0.4, -0.2) is 62.9 Å². The fourth-order valence-corrected chi connectivity index (χ4v) is 7.95. The number of hydrogen-bond donors (Lipinski definition) is 1. The molecule has 1 aliphatic heterocycles. The molecule has 1 fully saturated rings. The van der Waals surface area contributed by atoms with Gasteiger partial charge in [0, 0.05) is 24.0 Å². The van der Waals surface area contributed by atoms with E-state index in [4.69, 9.17) is 30.5 Å². The smallest absolute Gasteiger partial charge is 0.338 e. The minimum Gasteiger partial charge on any atom is -0.487 e. The third kappa shape index (κ3) is 10.7. The molecule has 12 heteroatoms. The van der Waals surface area contributed by atoms with Gasteiger partial charge in [0.1, 0.15) is 24.1 Å². The van der Waals surface area contributed by atoms with Crippen LogP contribution in [0.1, 0.15) is 78.4 Å². The number of nitrogens with one attached hydrogen (secondary N) is 1. The molecule has 1 heterocycles. The standard InChI is InChI=1S/C41H55ClN2O8S/c1-10-27(4)51-40(6,7)38(45)43-53(47,48)33-19-21-37-35(24-33)44(22-14-13-15-29-23-32(42)18-16-31(29)26-49-37)25-30-17-20-34(30)36(12-3)50-39(46)41(8,9)52-28(5)11-2/h10-12,16,18-19,21,23-24,27-28,30,34,36H,1-3,13-15,17,20,22,25-26H2,4-9H3,(H,43,45)/t27?,28?,30-,34+,36-/m0/s1. The van der Waals surface area contributed by atoms with Crippen LogP contribution in [0.25, 0.3) is 0 Å². The molecule has 0 saturated heterocycles. The van der Waals surface area contributed by atoms with Gasteiger partial charge in [-0.3, -0.25) is 4.79 Å². The van der Waals surface area contributed by atoms with Crippen molar-refractivity contribution in [2.45, 2.75) is 115 Å². The number of rotatable bonds is 15. The first-order valence-corrected chi connectivity index (χ1v) is 20.1. The summed E-state index contributed by atoms with van der Waals surface area (Å²) in [5, 5.41) is 0.656. The van der Waals surface area contributed by atoms with Gasteiger partial charge in [-0.2, -0.15) is 0 Å².